The van der Waals surface area contributed by atoms with Gasteiger partial charge in [-0.3, -0.25) is 9.59 Å². The van der Waals surface area contributed by atoms with Crippen LogP contribution in [0.3, 0.4) is 0 Å². The SMILES string of the molecule is C=C.CC(C(F)F)C(NC(=O)c1ccc(C#Cc2ccccc2N)cc1)C(N)=O. The minimum Gasteiger partial charge on any atom is -0.398 e. The Morgan fingerprint density at radius 2 is 1.62 bits per heavy atom. The minimum absolute atomic E-state index is 0.201. The lowest BCUT2D eigenvalue weighted by atomic mass is 10.0. The van der Waals surface area contributed by atoms with Gasteiger partial charge < -0.3 is 16.8 Å². The topological polar surface area (TPSA) is 98.2 Å². The Hall–Kier alpha value is -3.66. The van der Waals surface area contributed by atoms with Gasteiger partial charge in [-0.2, -0.15) is 0 Å². The first-order valence-corrected chi connectivity index (χ1v) is 8.64. The second-order valence-corrected chi connectivity index (χ2v) is 5.96. The number of alkyl halides is 2. The third-order valence-electron chi connectivity index (χ3n) is 3.97. The average molecular weight is 399 g/mol. The molecule has 0 radical (unpaired) electrons. The standard InChI is InChI=1S/C20H19F2N3O2.C2H4/c1-12(18(21)22)17(19(24)26)25-20(27)15-10-7-13(8-11-15)6-9-14-4-2-3-5-16(14)23;1-2/h2-5,7-8,10-12,17-18H,23H2,1H3,(H2,24,26)(H,25,27);1-2H2. The van der Waals surface area contributed by atoms with Crippen LogP contribution in [-0.2, 0) is 4.79 Å². The van der Waals surface area contributed by atoms with E-state index in [0.717, 1.165) is 6.92 Å². The van der Waals surface area contributed by atoms with E-state index in [2.05, 4.69) is 30.3 Å². The van der Waals surface area contributed by atoms with Crippen LogP contribution >= 0.6 is 0 Å². The number of rotatable bonds is 5. The third kappa shape index (κ3) is 6.78. The molecular formula is C22H23F2N3O2. The van der Waals surface area contributed by atoms with E-state index in [-0.39, 0.29) is 5.56 Å². The summed E-state index contributed by atoms with van der Waals surface area (Å²) in [5, 5.41) is 2.25. The number of hydrogen-bond acceptors (Lipinski definition) is 3. The van der Waals surface area contributed by atoms with Gasteiger partial charge in [0.15, 0.2) is 0 Å². The molecule has 2 aromatic rings. The van der Waals surface area contributed by atoms with E-state index in [1.54, 1.807) is 24.3 Å². The Balaban J connectivity index is 0.00000204. The van der Waals surface area contributed by atoms with E-state index >= 15 is 0 Å². The number of nitrogens with one attached hydrogen (secondary N) is 1. The molecule has 0 aromatic heterocycles. The van der Waals surface area contributed by atoms with Crippen LogP contribution in [0.1, 0.15) is 28.4 Å². The van der Waals surface area contributed by atoms with Crippen molar-refractivity contribution < 1.29 is 18.4 Å². The Morgan fingerprint density at radius 3 is 2.14 bits per heavy atom. The van der Waals surface area contributed by atoms with Crippen LogP contribution < -0.4 is 16.8 Å². The molecule has 0 aliphatic heterocycles. The van der Waals surface area contributed by atoms with E-state index < -0.39 is 30.2 Å². The fourth-order valence-corrected chi connectivity index (χ4v) is 2.29. The molecule has 2 rings (SSSR count). The van der Waals surface area contributed by atoms with Gasteiger partial charge in [0.1, 0.15) is 6.04 Å². The molecule has 2 amide bonds. The zero-order valence-corrected chi connectivity index (χ0v) is 16.0. The lowest BCUT2D eigenvalue weighted by molar-refractivity contribution is -0.122. The van der Waals surface area contributed by atoms with Crippen molar-refractivity contribution in [2.45, 2.75) is 19.4 Å². The molecule has 0 fully saturated rings. The molecule has 5 N–H and O–H groups in total. The Labute approximate surface area is 168 Å². The highest BCUT2D eigenvalue weighted by molar-refractivity contribution is 5.97. The van der Waals surface area contributed by atoms with E-state index in [1.807, 2.05) is 12.1 Å². The Bertz CT molecular complexity index is 902. The number of nitrogens with two attached hydrogens (primary N) is 2. The Kier molecular flexibility index (Phi) is 9.06. The van der Waals surface area contributed by atoms with Crippen molar-refractivity contribution in [2.24, 2.45) is 11.7 Å². The molecule has 5 nitrogen and oxygen atoms in total. The predicted octanol–water partition coefficient (Wildman–Crippen LogP) is 2.96. The van der Waals surface area contributed by atoms with Crippen LogP contribution in [0.4, 0.5) is 14.5 Å². The fraction of sp³-hybridized carbons (Fsp3) is 0.182. The van der Waals surface area contributed by atoms with Gasteiger partial charge in [-0.05, 0) is 36.4 Å². The third-order valence-corrected chi connectivity index (χ3v) is 3.97. The van der Waals surface area contributed by atoms with Gasteiger partial charge in [0, 0.05) is 28.3 Å². The molecule has 0 saturated carbocycles. The molecule has 0 bridgehead atoms. The maximum Gasteiger partial charge on any atom is 0.251 e. The molecule has 2 aromatic carbocycles. The van der Waals surface area contributed by atoms with Crippen LogP contribution in [0.25, 0.3) is 0 Å². The lowest BCUT2D eigenvalue weighted by Gasteiger charge is -2.21. The molecule has 7 heteroatoms. The van der Waals surface area contributed by atoms with E-state index in [4.69, 9.17) is 11.5 Å². The fourth-order valence-electron chi connectivity index (χ4n) is 2.29. The summed E-state index contributed by atoms with van der Waals surface area (Å²) >= 11 is 0. The Morgan fingerprint density at radius 1 is 1.03 bits per heavy atom. The first-order chi connectivity index (χ1) is 13.8. The van der Waals surface area contributed by atoms with Gasteiger partial charge in [-0.1, -0.05) is 30.9 Å². The highest BCUT2D eigenvalue weighted by Gasteiger charge is 2.31. The number of halogens is 2. The zero-order valence-electron chi connectivity index (χ0n) is 16.0. The van der Waals surface area contributed by atoms with Crippen LogP contribution in [-0.4, -0.2) is 24.3 Å². The summed E-state index contributed by atoms with van der Waals surface area (Å²) in [6.45, 7) is 7.15. The molecular weight excluding hydrogens is 376 g/mol. The first-order valence-electron chi connectivity index (χ1n) is 8.64. The minimum atomic E-state index is -2.79. The van der Waals surface area contributed by atoms with Gasteiger partial charge in [0.05, 0.1) is 0 Å². The zero-order chi connectivity index (χ0) is 22.0. The number of hydrogen-bond donors (Lipinski definition) is 3. The van der Waals surface area contributed by atoms with Crippen molar-refractivity contribution in [2.75, 3.05) is 5.73 Å². The number of anilines is 1. The second kappa shape index (κ2) is 11.2. The summed E-state index contributed by atoms with van der Waals surface area (Å²) in [5.74, 6) is 2.78. The number of carbonyl (C=O) groups excluding carboxylic acids is 2. The van der Waals surface area contributed by atoms with Crippen molar-refractivity contribution in [3.8, 4) is 11.8 Å². The normalized spacial score (nSPS) is 11.9. The molecule has 29 heavy (non-hydrogen) atoms. The van der Waals surface area contributed by atoms with Crippen molar-refractivity contribution in [1.82, 2.24) is 5.32 Å². The number of carbonyl (C=O) groups is 2. The van der Waals surface area contributed by atoms with E-state index in [9.17, 15) is 18.4 Å². The number of nitrogen functional groups attached to an aromatic ring is 1. The number of amides is 2. The van der Waals surface area contributed by atoms with Crippen LogP contribution in [0.2, 0.25) is 0 Å². The van der Waals surface area contributed by atoms with Crippen LogP contribution in [0.5, 0.6) is 0 Å². The maximum atomic E-state index is 12.8. The van der Waals surface area contributed by atoms with Gasteiger partial charge in [-0.25, -0.2) is 8.78 Å². The molecule has 2 atom stereocenters. The van der Waals surface area contributed by atoms with E-state index in [0.29, 0.717) is 16.8 Å². The summed E-state index contributed by atoms with van der Waals surface area (Å²) in [6, 6.07) is 11.9. The van der Waals surface area contributed by atoms with Crippen LogP contribution in [0.15, 0.2) is 61.7 Å². The summed E-state index contributed by atoms with van der Waals surface area (Å²) < 4.78 is 25.6. The first kappa shape index (κ1) is 23.4. The summed E-state index contributed by atoms with van der Waals surface area (Å²) in [7, 11) is 0. The quantitative estimate of drug-likeness (QED) is 0.410. The number of para-hydroxylation sites is 1. The molecule has 0 heterocycles. The van der Waals surface area contributed by atoms with Gasteiger partial charge in [-0.15, -0.1) is 13.2 Å². The van der Waals surface area contributed by atoms with Crippen LogP contribution in [0, 0.1) is 17.8 Å². The molecule has 152 valence electrons. The largest absolute Gasteiger partial charge is 0.398 e. The van der Waals surface area contributed by atoms with Crippen molar-refractivity contribution in [3.63, 3.8) is 0 Å². The van der Waals surface area contributed by atoms with Crippen molar-refractivity contribution >= 4 is 17.5 Å². The summed E-state index contributed by atoms with van der Waals surface area (Å²) in [5.41, 5.74) is 13.0. The molecule has 0 spiro atoms. The van der Waals surface area contributed by atoms with Gasteiger partial charge >= 0.3 is 0 Å². The smallest absolute Gasteiger partial charge is 0.251 e. The number of benzene rings is 2. The average Bonchev–Trinajstić information content (AvgIpc) is 2.72. The molecule has 2 unspecified atom stereocenters. The monoisotopic (exact) mass is 399 g/mol. The molecule has 0 aliphatic rings. The second-order valence-electron chi connectivity index (χ2n) is 5.96. The van der Waals surface area contributed by atoms with Gasteiger partial charge in [0.2, 0.25) is 12.3 Å². The van der Waals surface area contributed by atoms with E-state index in [1.165, 1.54) is 12.1 Å². The summed E-state index contributed by atoms with van der Waals surface area (Å²) in [6.07, 6.45) is -2.79. The predicted molar refractivity (Wildman–Crippen MR) is 110 cm³/mol. The van der Waals surface area contributed by atoms with Gasteiger partial charge in [0.25, 0.3) is 5.91 Å². The van der Waals surface area contributed by atoms with Crippen molar-refractivity contribution in [1.29, 1.82) is 0 Å². The highest BCUT2D eigenvalue weighted by atomic mass is 19.3. The molecule has 0 saturated heterocycles. The summed E-state index contributed by atoms with van der Waals surface area (Å²) in [4.78, 5) is 23.6. The number of primary amides is 1. The highest BCUT2D eigenvalue weighted by Crippen LogP contribution is 2.14. The maximum absolute atomic E-state index is 12.8. The van der Waals surface area contributed by atoms with Crippen molar-refractivity contribution in [3.05, 3.63) is 78.4 Å². The molecule has 0 aliphatic carbocycles. The lowest BCUT2D eigenvalue weighted by Crippen LogP contribution is -2.50.